The van der Waals surface area contributed by atoms with Crippen molar-refractivity contribution in [1.29, 1.82) is 0 Å². The minimum atomic E-state index is -0.418. The topological polar surface area (TPSA) is 72.7 Å². The number of aromatic nitrogens is 4. The summed E-state index contributed by atoms with van der Waals surface area (Å²) in [6.07, 6.45) is 4.59. The lowest BCUT2D eigenvalue weighted by atomic mass is 10.3. The third-order valence-corrected chi connectivity index (χ3v) is 2.83. The van der Waals surface area contributed by atoms with E-state index < -0.39 is 6.04 Å². The van der Waals surface area contributed by atoms with Gasteiger partial charge in [0.15, 0.2) is 0 Å². The molecule has 0 aliphatic heterocycles. The van der Waals surface area contributed by atoms with Gasteiger partial charge in [-0.25, -0.2) is 14.6 Å². The van der Waals surface area contributed by atoms with Gasteiger partial charge >= 0.3 is 0 Å². The van der Waals surface area contributed by atoms with E-state index in [4.69, 9.17) is 0 Å². The van der Waals surface area contributed by atoms with Crippen molar-refractivity contribution in [2.75, 3.05) is 5.32 Å². The smallest absolute Gasteiger partial charge is 0.250 e. The molecule has 1 atom stereocenters. The number of anilines is 1. The molecule has 0 aliphatic carbocycles. The largest absolute Gasteiger partial charge is 0.309 e. The fourth-order valence-corrected chi connectivity index (χ4v) is 1.54. The first-order valence-electron chi connectivity index (χ1n) is 4.93. The Morgan fingerprint density at radius 3 is 2.94 bits per heavy atom. The van der Waals surface area contributed by atoms with E-state index in [1.165, 1.54) is 17.3 Å². The van der Waals surface area contributed by atoms with E-state index in [-0.39, 0.29) is 5.91 Å². The summed E-state index contributed by atoms with van der Waals surface area (Å²) in [5.41, 5.74) is 0. The summed E-state index contributed by atoms with van der Waals surface area (Å²) >= 11 is 2.15. The van der Waals surface area contributed by atoms with Crippen molar-refractivity contribution in [3.63, 3.8) is 0 Å². The summed E-state index contributed by atoms with van der Waals surface area (Å²) in [5, 5.41) is 6.63. The zero-order chi connectivity index (χ0) is 12.3. The fourth-order valence-electron chi connectivity index (χ4n) is 1.22. The van der Waals surface area contributed by atoms with E-state index in [0.717, 1.165) is 3.57 Å². The molecular formula is C10H10IN5O. The van der Waals surface area contributed by atoms with Crippen molar-refractivity contribution in [3.05, 3.63) is 34.6 Å². The van der Waals surface area contributed by atoms with Crippen molar-refractivity contribution in [1.82, 2.24) is 19.7 Å². The van der Waals surface area contributed by atoms with E-state index in [2.05, 4.69) is 43.0 Å². The SMILES string of the molecule is CC(C(=O)Nc1ccc(I)cn1)n1cncn1. The number of hydrogen-bond acceptors (Lipinski definition) is 4. The van der Waals surface area contributed by atoms with Crippen molar-refractivity contribution in [3.8, 4) is 0 Å². The van der Waals surface area contributed by atoms with E-state index in [1.807, 2.05) is 6.07 Å². The molecule has 6 nitrogen and oxygen atoms in total. The van der Waals surface area contributed by atoms with Crippen LogP contribution in [0.2, 0.25) is 0 Å². The molecule has 1 unspecified atom stereocenters. The fraction of sp³-hybridized carbons (Fsp3) is 0.200. The van der Waals surface area contributed by atoms with Gasteiger partial charge in [0, 0.05) is 9.77 Å². The van der Waals surface area contributed by atoms with Gasteiger partial charge in [0.05, 0.1) is 0 Å². The lowest BCUT2D eigenvalue weighted by Crippen LogP contribution is -2.24. The first kappa shape index (κ1) is 12.0. The van der Waals surface area contributed by atoms with Gasteiger partial charge < -0.3 is 5.32 Å². The Kier molecular flexibility index (Phi) is 3.67. The molecule has 88 valence electrons. The number of halogens is 1. The number of amides is 1. The maximum absolute atomic E-state index is 11.9. The third kappa shape index (κ3) is 2.99. The molecule has 2 aromatic heterocycles. The Hall–Kier alpha value is -1.51. The van der Waals surface area contributed by atoms with Gasteiger partial charge in [-0.15, -0.1) is 0 Å². The summed E-state index contributed by atoms with van der Waals surface area (Å²) < 4.78 is 2.51. The Balaban J connectivity index is 2.04. The molecule has 0 radical (unpaired) electrons. The predicted molar refractivity (Wildman–Crippen MR) is 70.3 cm³/mol. The van der Waals surface area contributed by atoms with Gasteiger partial charge in [0.2, 0.25) is 5.91 Å². The average molecular weight is 343 g/mol. The highest BCUT2D eigenvalue weighted by atomic mass is 127. The number of nitrogens with zero attached hydrogens (tertiary/aromatic N) is 4. The van der Waals surface area contributed by atoms with Crippen LogP contribution < -0.4 is 5.32 Å². The second-order valence-corrected chi connectivity index (χ2v) is 4.65. The van der Waals surface area contributed by atoms with Crippen LogP contribution in [0.3, 0.4) is 0 Å². The molecule has 1 N–H and O–H groups in total. The second-order valence-electron chi connectivity index (χ2n) is 3.40. The Morgan fingerprint density at radius 2 is 2.35 bits per heavy atom. The maximum atomic E-state index is 11.9. The Labute approximate surface area is 112 Å². The summed E-state index contributed by atoms with van der Waals surface area (Å²) in [5.74, 6) is 0.353. The lowest BCUT2D eigenvalue weighted by molar-refractivity contribution is -0.119. The van der Waals surface area contributed by atoms with Crippen LogP contribution in [0.15, 0.2) is 31.0 Å². The molecule has 2 rings (SSSR count). The van der Waals surface area contributed by atoms with Crippen molar-refractivity contribution in [2.45, 2.75) is 13.0 Å². The quantitative estimate of drug-likeness (QED) is 0.857. The average Bonchev–Trinajstić information content (AvgIpc) is 2.84. The van der Waals surface area contributed by atoms with Crippen molar-refractivity contribution in [2.24, 2.45) is 0 Å². The number of pyridine rings is 1. The van der Waals surface area contributed by atoms with Crippen LogP contribution in [0.4, 0.5) is 5.82 Å². The monoisotopic (exact) mass is 343 g/mol. The molecule has 2 aromatic rings. The molecule has 0 spiro atoms. The highest BCUT2D eigenvalue weighted by Gasteiger charge is 2.15. The number of rotatable bonds is 3. The number of hydrogen-bond donors (Lipinski definition) is 1. The highest BCUT2D eigenvalue weighted by molar-refractivity contribution is 14.1. The van der Waals surface area contributed by atoms with E-state index in [1.54, 1.807) is 19.2 Å². The van der Waals surface area contributed by atoms with Crippen molar-refractivity contribution >= 4 is 34.3 Å². The predicted octanol–water partition coefficient (Wildman–Crippen LogP) is 1.48. The van der Waals surface area contributed by atoms with Crippen LogP contribution in [0.5, 0.6) is 0 Å². The lowest BCUT2D eigenvalue weighted by Gasteiger charge is -2.11. The van der Waals surface area contributed by atoms with E-state index >= 15 is 0 Å². The molecular weight excluding hydrogens is 333 g/mol. The maximum Gasteiger partial charge on any atom is 0.250 e. The van der Waals surface area contributed by atoms with Gasteiger partial charge in [-0.2, -0.15) is 5.10 Å². The number of carbonyl (C=O) groups excluding carboxylic acids is 1. The minimum Gasteiger partial charge on any atom is -0.309 e. The van der Waals surface area contributed by atoms with Crippen LogP contribution >= 0.6 is 22.6 Å². The molecule has 0 saturated heterocycles. The van der Waals surface area contributed by atoms with Crippen LogP contribution in [0.1, 0.15) is 13.0 Å². The van der Waals surface area contributed by atoms with Gasteiger partial charge in [-0.05, 0) is 41.6 Å². The standard InChI is InChI=1S/C10H10IN5O/c1-7(16-6-12-5-14-16)10(17)15-9-3-2-8(11)4-13-9/h2-7H,1H3,(H,13,15,17). The van der Waals surface area contributed by atoms with E-state index in [0.29, 0.717) is 5.82 Å². The molecule has 1 amide bonds. The van der Waals surface area contributed by atoms with Crippen LogP contribution in [-0.2, 0) is 4.79 Å². The van der Waals surface area contributed by atoms with Crippen molar-refractivity contribution < 1.29 is 4.79 Å². The first-order valence-corrected chi connectivity index (χ1v) is 6.01. The molecule has 17 heavy (non-hydrogen) atoms. The summed E-state index contributed by atoms with van der Waals surface area (Å²) in [6, 6.07) is 3.22. The first-order chi connectivity index (χ1) is 8.16. The van der Waals surface area contributed by atoms with Crippen LogP contribution in [0, 0.1) is 3.57 Å². The third-order valence-electron chi connectivity index (χ3n) is 2.19. The van der Waals surface area contributed by atoms with Gasteiger partial charge in [0.1, 0.15) is 24.5 Å². The molecule has 0 fully saturated rings. The van der Waals surface area contributed by atoms with E-state index in [9.17, 15) is 4.79 Å². The molecule has 0 aromatic carbocycles. The molecule has 7 heteroatoms. The summed E-state index contributed by atoms with van der Waals surface area (Å²) in [6.45, 7) is 1.75. The van der Waals surface area contributed by atoms with Gasteiger partial charge in [-0.1, -0.05) is 0 Å². The molecule has 0 saturated carbocycles. The van der Waals surface area contributed by atoms with Crippen LogP contribution in [-0.4, -0.2) is 25.7 Å². The second kappa shape index (κ2) is 5.21. The molecule has 0 aliphatic rings. The number of nitrogens with one attached hydrogen (secondary N) is 1. The zero-order valence-corrected chi connectivity index (χ0v) is 11.2. The highest BCUT2D eigenvalue weighted by Crippen LogP contribution is 2.10. The normalized spacial score (nSPS) is 12.1. The molecule has 0 bridgehead atoms. The Morgan fingerprint density at radius 1 is 1.53 bits per heavy atom. The Bertz CT molecular complexity index is 496. The minimum absolute atomic E-state index is 0.177. The summed E-state index contributed by atoms with van der Waals surface area (Å²) in [7, 11) is 0. The summed E-state index contributed by atoms with van der Waals surface area (Å²) in [4.78, 5) is 19.8. The van der Waals surface area contributed by atoms with Crippen LogP contribution in [0.25, 0.3) is 0 Å². The zero-order valence-electron chi connectivity index (χ0n) is 9.04. The van der Waals surface area contributed by atoms with Gasteiger partial charge in [-0.3, -0.25) is 4.79 Å². The number of carbonyl (C=O) groups is 1. The molecule has 2 heterocycles. The van der Waals surface area contributed by atoms with Gasteiger partial charge in [0.25, 0.3) is 0 Å².